The monoisotopic (exact) mass is 712 g/mol. The van der Waals surface area contributed by atoms with E-state index in [4.69, 9.17) is 27.7 Å². The predicted molar refractivity (Wildman–Crippen MR) is 181 cm³/mol. The highest BCUT2D eigenvalue weighted by Gasteiger charge is 2.54. The maximum absolute atomic E-state index is 13.1. The second-order valence-corrected chi connectivity index (χ2v) is 20.5. The SMILES string of the molecule is CC(C)N(C(C)C)P(OCCC#N)OC1[C@@H](COC(=O)C(=O)OC2CCCCC2)O[C@@H](n2ccc(=O)[nH]c2=O)[C@H]1O[Si](C)(C)C(C)(C)C. The zero-order valence-electron chi connectivity index (χ0n) is 29.7. The summed E-state index contributed by atoms with van der Waals surface area (Å²) in [5, 5.41) is 8.97. The minimum Gasteiger partial charge on any atom is -0.454 e. The number of aromatic amines is 1. The molecule has 2 unspecified atom stereocenters. The lowest BCUT2D eigenvalue weighted by Gasteiger charge is -2.42. The van der Waals surface area contributed by atoms with Crippen LogP contribution in [0.15, 0.2) is 21.9 Å². The van der Waals surface area contributed by atoms with Crippen molar-refractivity contribution < 1.29 is 37.3 Å². The van der Waals surface area contributed by atoms with E-state index in [0.29, 0.717) is 12.8 Å². The topological polar surface area (TPSA) is 171 Å². The number of carbonyl (C=O) groups is 2. The first-order valence-corrected chi connectivity index (χ1v) is 20.8. The Bertz CT molecular complexity index is 1370. The van der Waals surface area contributed by atoms with Gasteiger partial charge in [0.1, 0.15) is 31.0 Å². The van der Waals surface area contributed by atoms with Crippen molar-refractivity contribution in [2.24, 2.45) is 0 Å². The quantitative estimate of drug-likeness (QED) is 0.0911. The molecule has 5 atom stereocenters. The molecule has 0 radical (unpaired) electrons. The Kier molecular flexibility index (Phi) is 14.6. The molecule has 1 aliphatic heterocycles. The summed E-state index contributed by atoms with van der Waals surface area (Å²) in [6.07, 6.45) is 1.39. The van der Waals surface area contributed by atoms with E-state index in [1.54, 1.807) is 0 Å². The standard InChI is InChI=1S/C32H53N4O10PSi/c1-21(2)36(22(3)4)47(42-19-13-17-33)45-26-24(20-41-29(38)30(39)43-23-14-11-10-12-15-23)44-28(35-18-16-25(37)34-31(35)40)27(26)46-48(8,9)32(5,6)7/h16,18,21-24,26-28H,10-15,19-20H2,1-9H3,(H,34,37,40)/t24-,26?,27+,28-,47?/m1/s1. The normalized spacial score (nSPS) is 23.0. The Morgan fingerprint density at radius 3 is 2.31 bits per heavy atom. The number of hydrogen-bond acceptors (Lipinski definition) is 12. The fourth-order valence-electron chi connectivity index (χ4n) is 5.46. The van der Waals surface area contributed by atoms with Crippen molar-refractivity contribution >= 4 is 28.8 Å². The van der Waals surface area contributed by atoms with Crippen LogP contribution in [0.5, 0.6) is 0 Å². The van der Waals surface area contributed by atoms with Crippen molar-refractivity contribution in [3.05, 3.63) is 33.1 Å². The summed E-state index contributed by atoms with van der Waals surface area (Å²) < 4.78 is 40.5. The third-order valence-electron chi connectivity index (χ3n) is 8.89. The van der Waals surface area contributed by atoms with E-state index in [1.165, 1.54) is 16.8 Å². The molecular formula is C32H53N4O10PSi. The van der Waals surface area contributed by atoms with Crippen molar-refractivity contribution in [2.75, 3.05) is 13.2 Å². The van der Waals surface area contributed by atoms with E-state index in [9.17, 15) is 24.4 Å². The number of nitrogens with one attached hydrogen (secondary N) is 1. The van der Waals surface area contributed by atoms with Crippen LogP contribution in [-0.2, 0) is 37.3 Å². The number of rotatable bonds is 14. The molecule has 1 aromatic rings. The average Bonchev–Trinajstić information content (AvgIpc) is 3.30. The van der Waals surface area contributed by atoms with Crippen LogP contribution >= 0.6 is 8.53 Å². The van der Waals surface area contributed by atoms with Gasteiger partial charge in [0.2, 0.25) is 0 Å². The van der Waals surface area contributed by atoms with Gasteiger partial charge in [-0.2, -0.15) is 5.26 Å². The zero-order valence-corrected chi connectivity index (χ0v) is 31.6. The van der Waals surface area contributed by atoms with Gasteiger partial charge in [0.15, 0.2) is 14.5 Å². The van der Waals surface area contributed by atoms with Gasteiger partial charge in [0.05, 0.1) is 19.1 Å². The molecule has 14 nitrogen and oxygen atoms in total. The van der Waals surface area contributed by atoms with E-state index in [0.717, 1.165) is 19.3 Å². The average molecular weight is 713 g/mol. The number of H-pyrrole nitrogens is 1. The van der Waals surface area contributed by atoms with Crippen molar-refractivity contribution in [3.63, 3.8) is 0 Å². The molecule has 48 heavy (non-hydrogen) atoms. The van der Waals surface area contributed by atoms with Crippen molar-refractivity contribution in [1.82, 2.24) is 14.2 Å². The summed E-state index contributed by atoms with van der Waals surface area (Å²) in [5.74, 6) is -2.24. The van der Waals surface area contributed by atoms with Crippen LogP contribution in [0, 0.1) is 11.3 Å². The van der Waals surface area contributed by atoms with E-state index >= 15 is 0 Å². The van der Waals surface area contributed by atoms with E-state index in [2.05, 4.69) is 31.8 Å². The molecule has 0 aromatic carbocycles. The first-order chi connectivity index (χ1) is 22.5. The molecule has 1 aromatic heterocycles. The van der Waals surface area contributed by atoms with Crippen molar-refractivity contribution in [1.29, 1.82) is 5.26 Å². The molecule has 1 saturated heterocycles. The molecule has 0 amide bonds. The van der Waals surface area contributed by atoms with Gasteiger partial charge in [-0.05, 0) is 71.5 Å². The molecule has 2 fully saturated rings. The van der Waals surface area contributed by atoms with E-state index in [1.807, 2.05) is 45.5 Å². The molecule has 2 aliphatic rings. The smallest absolute Gasteiger partial charge is 0.417 e. The van der Waals surface area contributed by atoms with Crippen LogP contribution < -0.4 is 11.2 Å². The number of aromatic nitrogens is 2. The lowest BCUT2D eigenvalue weighted by atomic mass is 9.98. The summed E-state index contributed by atoms with van der Waals surface area (Å²) in [6.45, 7) is 18.0. The first kappa shape index (κ1) is 40.0. The third kappa shape index (κ3) is 10.5. The van der Waals surface area contributed by atoms with Gasteiger partial charge in [-0.3, -0.25) is 14.3 Å². The molecule has 16 heteroatoms. The summed E-state index contributed by atoms with van der Waals surface area (Å²) in [4.78, 5) is 52.9. The lowest BCUT2D eigenvalue weighted by Crippen LogP contribution is -2.50. The summed E-state index contributed by atoms with van der Waals surface area (Å²) in [5.41, 5.74) is -1.30. The van der Waals surface area contributed by atoms with E-state index in [-0.39, 0.29) is 36.3 Å². The minimum absolute atomic E-state index is 0.0243. The predicted octanol–water partition coefficient (Wildman–Crippen LogP) is 4.90. The summed E-state index contributed by atoms with van der Waals surface area (Å²) >= 11 is 0. The molecule has 1 saturated carbocycles. The number of esters is 2. The Labute approximate surface area is 285 Å². The van der Waals surface area contributed by atoms with Gasteiger partial charge in [-0.1, -0.05) is 27.2 Å². The largest absolute Gasteiger partial charge is 0.454 e. The van der Waals surface area contributed by atoms with Crippen molar-refractivity contribution in [2.45, 2.75) is 148 Å². The molecule has 2 heterocycles. The highest BCUT2D eigenvalue weighted by atomic mass is 31.2. The van der Waals surface area contributed by atoms with Gasteiger partial charge >= 0.3 is 17.6 Å². The second-order valence-electron chi connectivity index (χ2n) is 14.3. The van der Waals surface area contributed by atoms with Crippen LogP contribution in [0.3, 0.4) is 0 Å². The first-order valence-electron chi connectivity index (χ1n) is 16.7. The number of carbonyl (C=O) groups excluding carboxylic acids is 2. The fourth-order valence-corrected chi connectivity index (χ4v) is 8.51. The van der Waals surface area contributed by atoms with Gasteiger partial charge in [0, 0.05) is 24.3 Å². The molecule has 270 valence electrons. The minimum atomic E-state index is -2.60. The molecule has 3 rings (SSSR count). The van der Waals surface area contributed by atoms with Crippen LogP contribution in [0.1, 0.15) is 93.2 Å². The summed E-state index contributed by atoms with van der Waals surface area (Å²) in [7, 11) is -4.44. The van der Waals surface area contributed by atoms with Gasteiger partial charge in [0.25, 0.3) is 14.1 Å². The Morgan fingerprint density at radius 1 is 1.10 bits per heavy atom. The van der Waals surface area contributed by atoms with Crippen LogP contribution in [0.2, 0.25) is 18.1 Å². The highest BCUT2D eigenvalue weighted by molar-refractivity contribution is 7.44. The Balaban J connectivity index is 2.04. The number of nitriles is 1. The second kappa shape index (κ2) is 17.5. The zero-order chi connectivity index (χ0) is 35.8. The van der Waals surface area contributed by atoms with Crippen LogP contribution in [0.4, 0.5) is 0 Å². The van der Waals surface area contributed by atoms with Crippen LogP contribution in [-0.4, -0.2) is 84.2 Å². The Hall–Kier alpha value is -2.44. The summed E-state index contributed by atoms with van der Waals surface area (Å²) in [6, 6.07) is 3.25. The van der Waals surface area contributed by atoms with Crippen molar-refractivity contribution in [3.8, 4) is 6.07 Å². The van der Waals surface area contributed by atoms with Gasteiger partial charge in [-0.15, -0.1) is 0 Å². The van der Waals surface area contributed by atoms with Gasteiger partial charge in [-0.25, -0.2) is 19.1 Å². The van der Waals surface area contributed by atoms with E-state index < -0.39 is 71.2 Å². The lowest BCUT2D eigenvalue weighted by molar-refractivity contribution is -0.174. The molecule has 1 aliphatic carbocycles. The highest BCUT2D eigenvalue weighted by Crippen LogP contribution is 2.51. The van der Waals surface area contributed by atoms with Gasteiger partial charge < -0.3 is 27.7 Å². The molecule has 0 spiro atoms. The third-order valence-corrected chi connectivity index (χ3v) is 15.5. The number of ether oxygens (including phenoxy) is 3. The maximum atomic E-state index is 13.1. The van der Waals surface area contributed by atoms with Crippen LogP contribution in [0.25, 0.3) is 0 Å². The number of hydrogen-bond donors (Lipinski definition) is 1. The molecule has 1 N–H and O–H groups in total. The molecule has 0 bridgehead atoms. The maximum Gasteiger partial charge on any atom is 0.417 e. The number of nitrogens with zero attached hydrogens (tertiary/aromatic N) is 3. The Morgan fingerprint density at radius 2 is 1.75 bits per heavy atom. The fraction of sp³-hybridized carbons (Fsp3) is 0.781. The molecular weight excluding hydrogens is 659 g/mol.